The highest BCUT2D eigenvalue weighted by molar-refractivity contribution is 7.98. The zero-order valence-corrected chi connectivity index (χ0v) is 15.7. The third-order valence-electron chi connectivity index (χ3n) is 3.99. The van der Waals surface area contributed by atoms with E-state index in [0.29, 0.717) is 22.9 Å². The maximum Gasteiger partial charge on any atom is 0.334 e. The largest absolute Gasteiger partial charge is 0.354 e. The molecular weight excluding hydrogens is 372 g/mol. The molecule has 0 radical (unpaired) electrons. The van der Waals surface area contributed by atoms with Gasteiger partial charge in [0.2, 0.25) is 5.76 Å². The van der Waals surface area contributed by atoms with E-state index in [1.165, 1.54) is 5.56 Å². The fraction of sp³-hybridized carbons (Fsp3) is 0.211. The Morgan fingerprint density at radius 3 is 2.54 bits per heavy atom. The lowest BCUT2D eigenvalue weighted by molar-refractivity contribution is -0.386. The van der Waals surface area contributed by atoms with Crippen LogP contribution < -0.4 is 0 Å². The Kier molecular flexibility index (Phi) is 5.96. The van der Waals surface area contributed by atoms with E-state index in [9.17, 15) is 10.1 Å². The quantitative estimate of drug-likeness (QED) is 0.380. The Morgan fingerprint density at radius 2 is 1.88 bits per heavy atom. The molecular formula is C19H17ClN2O3S. The number of nitrogens with zero attached hydrogens (tertiary/aromatic N) is 2. The molecule has 2 aromatic carbocycles. The predicted octanol–water partition coefficient (Wildman–Crippen LogP) is 5.76. The Bertz CT molecular complexity index is 882. The van der Waals surface area contributed by atoms with Gasteiger partial charge in [0, 0.05) is 22.4 Å². The number of hydrogen-bond acceptors (Lipinski definition) is 5. The maximum absolute atomic E-state index is 11.3. The van der Waals surface area contributed by atoms with E-state index in [2.05, 4.69) is 17.3 Å². The van der Waals surface area contributed by atoms with Gasteiger partial charge in [0.1, 0.15) is 0 Å². The summed E-state index contributed by atoms with van der Waals surface area (Å²) < 4.78 is 5.25. The first-order chi connectivity index (χ1) is 12.5. The van der Waals surface area contributed by atoms with Crippen LogP contribution in [0.2, 0.25) is 5.02 Å². The molecule has 5 nitrogen and oxygen atoms in total. The Morgan fingerprint density at radius 1 is 1.19 bits per heavy atom. The van der Waals surface area contributed by atoms with Crippen molar-refractivity contribution >= 4 is 29.1 Å². The highest BCUT2D eigenvalue weighted by Crippen LogP contribution is 2.37. The van der Waals surface area contributed by atoms with Crippen LogP contribution in [0.3, 0.4) is 0 Å². The van der Waals surface area contributed by atoms with Crippen molar-refractivity contribution in [3.8, 4) is 0 Å². The molecule has 0 aliphatic heterocycles. The molecule has 0 saturated carbocycles. The van der Waals surface area contributed by atoms with Gasteiger partial charge in [-0.2, -0.15) is 0 Å². The monoisotopic (exact) mass is 388 g/mol. The lowest BCUT2D eigenvalue weighted by Crippen LogP contribution is -2.02. The SMILES string of the molecule is Cc1noc(CC(SCc2ccccc2)c2ccc(Cl)cc2)c1[N+](=O)[O-]. The Labute approximate surface area is 160 Å². The van der Waals surface area contributed by atoms with Crippen LogP contribution in [0.15, 0.2) is 59.1 Å². The summed E-state index contributed by atoms with van der Waals surface area (Å²) in [5.41, 5.74) is 2.50. The van der Waals surface area contributed by atoms with Crippen molar-refractivity contribution in [3.05, 3.63) is 92.3 Å². The van der Waals surface area contributed by atoms with Crippen molar-refractivity contribution in [2.24, 2.45) is 0 Å². The number of halogens is 1. The number of thioether (sulfide) groups is 1. The fourth-order valence-electron chi connectivity index (χ4n) is 2.67. The normalized spacial score (nSPS) is 12.1. The first-order valence-electron chi connectivity index (χ1n) is 8.05. The van der Waals surface area contributed by atoms with Crippen molar-refractivity contribution < 1.29 is 9.45 Å². The molecule has 3 aromatic rings. The summed E-state index contributed by atoms with van der Waals surface area (Å²) in [5, 5.41) is 15.7. The molecule has 0 aliphatic carbocycles. The van der Waals surface area contributed by atoms with E-state index in [0.717, 1.165) is 11.3 Å². The van der Waals surface area contributed by atoms with Gasteiger partial charge in [-0.25, -0.2) is 0 Å². The first-order valence-corrected chi connectivity index (χ1v) is 9.48. The minimum atomic E-state index is -0.429. The molecule has 0 amide bonds. The van der Waals surface area contributed by atoms with Crippen LogP contribution in [0.4, 0.5) is 5.69 Å². The molecule has 0 aliphatic rings. The standard InChI is InChI=1S/C19H17ClN2O3S/c1-13-19(22(23)24)17(25-21-13)11-18(15-7-9-16(20)10-8-15)26-12-14-5-3-2-4-6-14/h2-10,18H,11-12H2,1H3. The van der Waals surface area contributed by atoms with E-state index >= 15 is 0 Å². The van der Waals surface area contributed by atoms with Crippen LogP contribution in [0.25, 0.3) is 0 Å². The van der Waals surface area contributed by atoms with Crippen molar-refractivity contribution in [2.45, 2.75) is 24.3 Å². The third kappa shape index (κ3) is 4.45. The molecule has 1 heterocycles. The molecule has 0 saturated heterocycles. The summed E-state index contributed by atoms with van der Waals surface area (Å²) in [5.74, 6) is 1.09. The van der Waals surface area contributed by atoms with Crippen LogP contribution in [0.1, 0.15) is 27.8 Å². The molecule has 26 heavy (non-hydrogen) atoms. The summed E-state index contributed by atoms with van der Waals surface area (Å²) in [6.45, 7) is 1.58. The zero-order valence-electron chi connectivity index (χ0n) is 14.1. The van der Waals surface area contributed by atoms with Gasteiger partial charge in [0.25, 0.3) is 0 Å². The van der Waals surface area contributed by atoms with Crippen molar-refractivity contribution in [1.82, 2.24) is 5.16 Å². The van der Waals surface area contributed by atoms with Gasteiger partial charge in [-0.15, -0.1) is 11.8 Å². The van der Waals surface area contributed by atoms with Gasteiger partial charge >= 0.3 is 5.69 Å². The van der Waals surface area contributed by atoms with E-state index in [4.69, 9.17) is 16.1 Å². The van der Waals surface area contributed by atoms with E-state index < -0.39 is 4.92 Å². The number of nitro groups is 1. The van der Waals surface area contributed by atoms with Gasteiger partial charge in [0.15, 0.2) is 5.69 Å². The Hall–Kier alpha value is -2.31. The molecule has 0 fully saturated rings. The second-order valence-corrected chi connectivity index (χ2v) is 7.47. The number of benzene rings is 2. The number of hydrogen-bond donors (Lipinski definition) is 0. The van der Waals surface area contributed by atoms with Crippen molar-refractivity contribution in [3.63, 3.8) is 0 Å². The predicted molar refractivity (Wildman–Crippen MR) is 104 cm³/mol. The number of aromatic nitrogens is 1. The molecule has 1 unspecified atom stereocenters. The van der Waals surface area contributed by atoms with E-state index in [-0.39, 0.29) is 10.9 Å². The van der Waals surface area contributed by atoms with Crippen LogP contribution in [-0.4, -0.2) is 10.1 Å². The van der Waals surface area contributed by atoms with Crippen LogP contribution in [0.5, 0.6) is 0 Å². The highest BCUT2D eigenvalue weighted by Gasteiger charge is 2.27. The van der Waals surface area contributed by atoms with Gasteiger partial charge < -0.3 is 4.52 Å². The number of rotatable bonds is 7. The van der Waals surface area contributed by atoms with Gasteiger partial charge in [-0.05, 0) is 30.2 Å². The molecule has 1 aromatic heterocycles. The van der Waals surface area contributed by atoms with Crippen LogP contribution in [0, 0.1) is 17.0 Å². The summed E-state index contributed by atoms with van der Waals surface area (Å²) in [6, 6.07) is 17.6. The minimum absolute atomic E-state index is 0.0153. The average Bonchev–Trinajstić information content (AvgIpc) is 3.01. The molecule has 0 bridgehead atoms. The summed E-state index contributed by atoms with van der Waals surface area (Å²) in [6.07, 6.45) is 0.385. The van der Waals surface area contributed by atoms with Crippen molar-refractivity contribution in [2.75, 3.05) is 0 Å². The van der Waals surface area contributed by atoms with Crippen molar-refractivity contribution in [1.29, 1.82) is 0 Å². The minimum Gasteiger partial charge on any atom is -0.354 e. The van der Waals surface area contributed by atoms with Gasteiger partial charge in [-0.1, -0.05) is 59.2 Å². The van der Waals surface area contributed by atoms with Crippen LogP contribution in [-0.2, 0) is 12.2 Å². The lowest BCUT2D eigenvalue weighted by Gasteiger charge is -2.16. The fourth-order valence-corrected chi connectivity index (χ4v) is 4.00. The third-order valence-corrected chi connectivity index (χ3v) is 5.58. The maximum atomic E-state index is 11.3. The summed E-state index contributed by atoms with van der Waals surface area (Å²) in [4.78, 5) is 10.9. The van der Waals surface area contributed by atoms with E-state index in [1.807, 2.05) is 42.5 Å². The number of aryl methyl sites for hydroxylation is 1. The molecule has 3 rings (SSSR count). The zero-order chi connectivity index (χ0) is 18.5. The second kappa shape index (κ2) is 8.38. The molecule has 134 valence electrons. The van der Waals surface area contributed by atoms with Crippen LogP contribution >= 0.6 is 23.4 Å². The summed E-state index contributed by atoms with van der Waals surface area (Å²) in [7, 11) is 0. The van der Waals surface area contributed by atoms with E-state index in [1.54, 1.807) is 18.7 Å². The summed E-state index contributed by atoms with van der Waals surface area (Å²) >= 11 is 7.70. The highest BCUT2D eigenvalue weighted by atomic mass is 35.5. The topological polar surface area (TPSA) is 69.2 Å². The average molecular weight is 389 g/mol. The molecule has 0 spiro atoms. The molecule has 7 heteroatoms. The molecule has 0 N–H and O–H groups in total. The molecule has 1 atom stereocenters. The smallest absolute Gasteiger partial charge is 0.334 e. The van der Waals surface area contributed by atoms with Gasteiger partial charge in [-0.3, -0.25) is 10.1 Å². The first kappa shape index (κ1) is 18.5. The second-order valence-electron chi connectivity index (χ2n) is 5.84. The van der Waals surface area contributed by atoms with Gasteiger partial charge in [0.05, 0.1) is 4.92 Å². The lowest BCUT2D eigenvalue weighted by atomic mass is 10.1. The Balaban J connectivity index is 1.85.